The van der Waals surface area contributed by atoms with Crippen molar-refractivity contribution < 1.29 is 46.7 Å². The van der Waals surface area contributed by atoms with Crippen LogP contribution in [0.5, 0.6) is 11.5 Å². The van der Waals surface area contributed by atoms with Gasteiger partial charge < -0.3 is 51.7 Å². The number of benzene rings is 1. The zero-order chi connectivity index (χ0) is 56.2. The maximum absolute atomic E-state index is 6.69. The van der Waals surface area contributed by atoms with Crippen molar-refractivity contribution in [1.29, 1.82) is 0 Å². The van der Waals surface area contributed by atoms with Crippen LogP contribution in [0, 0.1) is 6.92 Å². The lowest BCUT2D eigenvalue weighted by Gasteiger charge is -2.36. The number of aromatic nitrogens is 5. The first kappa shape index (κ1) is 63.7. The third kappa shape index (κ3) is 18.4. The molecule has 428 valence electrons. The molecule has 0 amide bonds. The van der Waals surface area contributed by atoms with Gasteiger partial charge in [0.2, 0.25) is 0 Å². The Balaban J connectivity index is 1.68. The maximum atomic E-state index is 6.69. The van der Waals surface area contributed by atoms with Crippen molar-refractivity contribution in [3.05, 3.63) is 70.6 Å². The van der Waals surface area contributed by atoms with Gasteiger partial charge in [0.25, 0.3) is 0 Å². The fraction of sp³-hybridized carbons (Fsp3) is 0.633. The Morgan fingerprint density at radius 2 is 0.909 bits per heavy atom. The highest BCUT2D eigenvalue weighted by Crippen LogP contribution is 2.41. The number of hydrogen-bond acceptors (Lipinski definition) is 14. The lowest BCUT2D eigenvalue weighted by Crippen LogP contribution is -2.41. The lowest BCUT2D eigenvalue weighted by atomic mass is 9.98. The molecule has 0 aliphatic carbocycles. The molecule has 4 heterocycles. The predicted octanol–water partition coefficient (Wildman–Crippen LogP) is 13.2. The van der Waals surface area contributed by atoms with Crippen LogP contribution in [0.2, 0.25) is 36.3 Å². The van der Waals surface area contributed by atoms with Crippen molar-refractivity contribution in [2.75, 3.05) is 107 Å². The number of nitrogens with one attached hydrogen (secondary N) is 1. The molecule has 2 aliphatic heterocycles. The Bertz CT molecular complexity index is 2640. The summed E-state index contributed by atoms with van der Waals surface area (Å²) in [6, 6.07) is 8.22. The average Bonchev–Trinajstić information content (AvgIpc) is 3.98. The first-order valence-electron chi connectivity index (χ1n) is 28.0. The molecule has 77 heavy (non-hydrogen) atoms. The van der Waals surface area contributed by atoms with E-state index in [2.05, 4.69) is 113 Å². The van der Waals surface area contributed by atoms with E-state index in [1.165, 1.54) is 22.3 Å². The minimum absolute atomic E-state index is 0.124. The average molecular weight is 1100 g/mol. The highest BCUT2D eigenvalue weighted by atomic mass is 28.4. The van der Waals surface area contributed by atoms with Crippen LogP contribution in [0.3, 0.4) is 0 Å². The summed E-state index contributed by atoms with van der Waals surface area (Å²) in [5.74, 6) is 1.00. The molecule has 6 bridgehead atoms. The molecule has 1 aromatic carbocycles. The summed E-state index contributed by atoms with van der Waals surface area (Å²) in [6.07, 6.45) is 8.82. The van der Waals surface area contributed by atoms with Gasteiger partial charge in [0, 0.05) is 45.1 Å². The van der Waals surface area contributed by atoms with Crippen LogP contribution >= 0.6 is 0 Å². The zero-order valence-corrected chi connectivity index (χ0v) is 52.0. The summed E-state index contributed by atoms with van der Waals surface area (Å²) in [7, 11) is -0.558. The largest absolute Gasteiger partial charge is 0.487 e. The monoisotopic (exact) mass is 1100 g/mol. The Kier molecular flexibility index (Phi) is 25.2. The molecule has 15 nitrogen and oxygen atoms in total. The molecular weight excluding hydrogens is 1010 g/mol. The number of aromatic amines is 1. The zero-order valence-electron chi connectivity index (χ0n) is 50.0. The topological polar surface area (TPSA) is 160 Å². The maximum Gasteiger partial charge on any atom is 0.191 e. The number of hydrogen-bond donors (Lipinski definition) is 1. The van der Waals surface area contributed by atoms with Gasteiger partial charge in [0.15, 0.2) is 28.1 Å². The Morgan fingerprint density at radius 1 is 0.481 bits per heavy atom. The van der Waals surface area contributed by atoms with E-state index in [0.29, 0.717) is 102 Å². The number of rotatable bonds is 32. The van der Waals surface area contributed by atoms with E-state index in [0.717, 1.165) is 83.5 Å². The van der Waals surface area contributed by atoms with E-state index in [-0.39, 0.29) is 23.3 Å². The molecule has 0 unspecified atom stereocenters. The molecular formula is C60H95N5O10Si2. The summed E-state index contributed by atoms with van der Waals surface area (Å²) in [5, 5.41) is 0.253. The van der Waals surface area contributed by atoms with E-state index in [1.807, 2.05) is 24.5 Å². The fourth-order valence-corrected chi connectivity index (χ4v) is 10.7. The van der Waals surface area contributed by atoms with Gasteiger partial charge in [-0.05, 0) is 134 Å². The molecule has 17 heteroatoms. The number of allylic oxidation sites excluding steroid dienone is 4. The van der Waals surface area contributed by atoms with Gasteiger partial charge in [-0.25, -0.2) is 9.97 Å². The van der Waals surface area contributed by atoms with Crippen molar-refractivity contribution in [3.8, 4) is 11.5 Å². The quantitative estimate of drug-likeness (QED) is 0.0465. The van der Waals surface area contributed by atoms with Crippen molar-refractivity contribution in [2.24, 2.45) is 0 Å². The van der Waals surface area contributed by atoms with Crippen molar-refractivity contribution in [3.63, 3.8) is 0 Å². The highest BCUT2D eigenvalue weighted by Gasteiger charge is 2.38. The van der Waals surface area contributed by atoms with Crippen LogP contribution in [0.1, 0.15) is 128 Å². The number of ether oxygens (including phenoxy) is 8. The standard InChI is InChI=1S/C60H95N5O10Si2/c1-17-45-46(18-2)50-38-52-48(22-20-24-75-77(15,16)60(8,9)10)44(4)56(65-52)42-62-54-40-58(73-36-34-71-32-30-69-28-26-67-12)57(72-35-33-70-31-29-68-27-25-66-11)39-53(54)61-41-55-43(3)47(51(64-55)37-49(45)63-50)21-19-23-74-76(13,14)59(5,6)7/h37-42,64H,17-36H2,1-16H3. The third-order valence-electron chi connectivity index (χ3n) is 15.3. The normalized spacial score (nSPS) is 13.5. The lowest BCUT2D eigenvalue weighted by molar-refractivity contribution is 0.0160. The number of methoxy groups -OCH3 is 2. The number of H-pyrrole nitrogens is 1. The van der Waals surface area contributed by atoms with Gasteiger partial charge in [-0.3, -0.25) is 9.97 Å². The van der Waals surface area contributed by atoms with Crippen LogP contribution in [-0.2, 0) is 43.7 Å². The van der Waals surface area contributed by atoms with E-state index in [4.69, 9.17) is 66.7 Å². The molecule has 0 saturated carbocycles. The van der Waals surface area contributed by atoms with E-state index in [1.54, 1.807) is 14.2 Å². The summed E-state index contributed by atoms with van der Waals surface area (Å²) >= 11 is 0. The highest BCUT2D eigenvalue weighted by molar-refractivity contribution is 6.74. The first-order chi connectivity index (χ1) is 36.7. The SMILES string of the molecule is CCC1=C(CC)c2cc3[nH]c(cnc4cc(OCCOCCOCCOC)c(OCCOCCOCCOC)cc4ncc4nc(cc1n2)C(CCCO[Si](C)(C)C(C)(C)C)=C4C)c(C)c3CCCO[Si](C)(C)C(C)(C)C. The smallest absolute Gasteiger partial charge is 0.191 e. The molecule has 1 N–H and O–H groups in total. The second-order valence-electron chi connectivity index (χ2n) is 22.7. The van der Waals surface area contributed by atoms with Gasteiger partial charge in [-0.2, -0.15) is 0 Å². The molecule has 2 aliphatic rings. The molecule has 0 atom stereocenters. The van der Waals surface area contributed by atoms with E-state index in [9.17, 15) is 0 Å². The minimum atomic E-state index is -1.94. The Morgan fingerprint density at radius 3 is 1.39 bits per heavy atom. The van der Waals surface area contributed by atoms with Crippen LogP contribution in [0.15, 0.2) is 36.7 Å². The molecule has 0 saturated heterocycles. The predicted molar refractivity (Wildman–Crippen MR) is 318 cm³/mol. The van der Waals surface area contributed by atoms with Crippen molar-refractivity contribution in [2.45, 2.75) is 144 Å². The van der Waals surface area contributed by atoms with Gasteiger partial charge in [0.1, 0.15) is 13.2 Å². The van der Waals surface area contributed by atoms with Gasteiger partial charge >= 0.3 is 0 Å². The van der Waals surface area contributed by atoms with Crippen LogP contribution < -0.4 is 9.47 Å². The van der Waals surface area contributed by atoms with Crippen molar-refractivity contribution in [1.82, 2.24) is 24.9 Å². The second kappa shape index (κ2) is 30.4. The molecule has 3 aromatic rings. The fourth-order valence-electron chi connectivity index (χ4n) is 8.48. The Hall–Kier alpha value is -4.15. The molecule has 0 spiro atoms. The second-order valence-corrected chi connectivity index (χ2v) is 32.4. The van der Waals surface area contributed by atoms with Gasteiger partial charge in [-0.15, -0.1) is 0 Å². The molecule has 0 fully saturated rings. The number of aryl methyl sites for hydroxylation is 2. The summed E-state index contributed by atoms with van der Waals surface area (Å²) in [6.45, 7) is 38.2. The summed E-state index contributed by atoms with van der Waals surface area (Å²) < 4.78 is 59.3. The minimum Gasteiger partial charge on any atom is -0.487 e. The number of nitrogens with zero attached hydrogens (tertiary/aromatic N) is 4. The first-order valence-corrected chi connectivity index (χ1v) is 33.8. The molecule has 2 aromatic heterocycles. The molecule has 0 radical (unpaired) electrons. The summed E-state index contributed by atoms with van der Waals surface area (Å²) in [5.41, 5.74) is 13.8. The van der Waals surface area contributed by atoms with Crippen LogP contribution in [0.4, 0.5) is 0 Å². The van der Waals surface area contributed by atoms with Gasteiger partial charge in [-0.1, -0.05) is 55.4 Å². The molecule has 5 rings (SSSR count). The third-order valence-corrected chi connectivity index (χ3v) is 24.4. The summed E-state index contributed by atoms with van der Waals surface area (Å²) in [4.78, 5) is 25.0. The van der Waals surface area contributed by atoms with Crippen molar-refractivity contribution >= 4 is 61.0 Å². The van der Waals surface area contributed by atoms with Gasteiger partial charge in [0.05, 0.1) is 118 Å². The van der Waals surface area contributed by atoms with E-state index >= 15 is 0 Å². The van der Waals surface area contributed by atoms with E-state index < -0.39 is 16.6 Å². The van der Waals surface area contributed by atoms with Crippen LogP contribution in [0.25, 0.3) is 44.4 Å². The van der Waals surface area contributed by atoms with Crippen LogP contribution in [-0.4, -0.2) is 148 Å². The Labute approximate surface area is 463 Å². The number of fused-ring (bicyclic) bond motifs is 7.